The van der Waals surface area contributed by atoms with Gasteiger partial charge in [-0.3, -0.25) is 4.90 Å². The number of hydrogen-bond donors (Lipinski definition) is 2. The molecule has 13 heteroatoms. The number of anilines is 2. The molecule has 3 N–H and O–H groups in total. The number of benzene rings is 1. The average molecular weight is 595 g/mol. The van der Waals surface area contributed by atoms with E-state index in [0.29, 0.717) is 42.1 Å². The third-order valence-electron chi connectivity index (χ3n) is 9.10. The van der Waals surface area contributed by atoms with Crippen LogP contribution >= 0.6 is 11.3 Å². The van der Waals surface area contributed by atoms with Gasteiger partial charge in [0.1, 0.15) is 12.8 Å². The number of nitrogens with two attached hydrogens (primary N) is 1. The van der Waals surface area contributed by atoms with Crippen LogP contribution in [0.2, 0.25) is 0 Å². The van der Waals surface area contributed by atoms with Crippen molar-refractivity contribution in [1.29, 1.82) is 0 Å². The number of aryl methyl sites for hydroxylation is 1. The van der Waals surface area contributed by atoms with E-state index in [1.807, 2.05) is 0 Å². The lowest BCUT2D eigenvalue weighted by atomic mass is 9.95. The number of fused-ring (bicyclic) bond motifs is 4. The van der Waals surface area contributed by atoms with E-state index in [4.69, 9.17) is 15.5 Å². The van der Waals surface area contributed by atoms with Crippen molar-refractivity contribution in [1.82, 2.24) is 20.2 Å². The molecule has 6 heterocycles. The predicted molar refractivity (Wildman–Crippen MR) is 148 cm³/mol. The summed E-state index contributed by atoms with van der Waals surface area (Å²) in [6.45, 7) is 4.06. The van der Waals surface area contributed by atoms with Gasteiger partial charge in [0.15, 0.2) is 11.6 Å². The van der Waals surface area contributed by atoms with E-state index in [0.717, 1.165) is 49.6 Å². The van der Waals surface area contributed by atoms with E-state index in [-0.39, 0.29) is 40.8 Å². The number of nitrogens with one attached hydrogen (secondary N) is 1. The average Bonchev–Trinajstić information content (AvgIpc) is 3.65. The number of halogens is 5. The van der Waals surface area contributed by atoms with Crippen molar-refractivity contribution in [2.24, 2.45) is 0 Å². The van der Waals surface area contributed by atoms with Gasteiger partial charge in [-0.1, -0.05) is 0 Å². The Morgan fingerprint density at radius 3 is 2.66 bits per heavy atom. The maximum Gasteiger partial charge on any atom is 0.417 e. The quantitative estimate of drug-likeness (QED) is 0.307. The number of nitrogens with zero attached hydrogens (tertiary/aromatic N) is 4. The Labute approximate surface area is 237 Å². The molecule has 2 unspecified atom stereocenters. The van der Waals surface area contributed by atoms with Gasteiger partial charge < -0.3 is 20.7 Å². The van der Waals surface area contributed by atoms with Crippen molar-refractivity contribution in [3.63, 3.8) is 0 Å². The van der Waals surface area contributed by atoms with Crippen LogP contribution in [0.3, 0.4) is 0 Å². The zero-order chi connectivity index (χ0) is 28.7. The van der Waals surface area contributed by atoms with Crippen LogP contribution in [0.5, 0.6) is 6.01 Å². The molecule has 2 bridgehead atoms. The molecule has 2 aromatic heterocycles. The molecule has 0 spiro atoms. The summed E-state index contributed by atoms with van der Waals surface area (Å²) in [5.41, 5.74) is 3.63. The number of aromatic nitrogens is 2. The molecule has 4 atom stereocenters. The van der Waals surface area contributed by atoms with Crippen molar-refractivity contribution in [3.05, 3.63) is 29.1 Å². The highest BCUT2D eigenvalue weighted by molar-refractivity contribution is 7.22. The molecule has 7 nitrogen and oxygen atoms in total. The molecule has 4 aliphatic heterocycles. The molecule has 3 aromatic rings. The van der Waals surface area contributed by atoms with Gasteiger partial charge in [0.25, 0.3) is 0 Å². The first-order valence-corrected chi connectivity index (χ1v) is 14.8. The van der Waals surface area contributed by atoms with E-state index in [1.165, 1.54) is 13.0 Å². The maximum atomic E-state index is 15.3. The van der Waals surface area contributed by atoms with Crippen LogP contribution in [-0.2, 0) is 6.18 Å². The number of piperazine rings is 1. The van der Waals surface area contributed by atoms with Gasteiger partial charge in [0.05, 0.1) is 27.0 Å². The summed E-state index contributed by atoms with van der Waals surface area (Å²) in [5, 5.41) is 3.58. The molecular formula is C28H31F5N6OS. The lowest BCUT2D eigenvalue weighted by Crippen LogP contribution is -2.51. The Hall–Kier alpha value is -2.77. The Balaban J connectivity index is 1.33. The topological polar surface area (TPSA) is 79.5 Å². The van der Waals surface area contributed by atoms with Crippen molar-refractivity contribution in [3.8, 4) is 16.5 Å². The first kappa shape index (κ1) is 27.1. The molecule has 0 amide bonds. The second kappa shape index (κ2) is 9.63. The fraction of sp³-hybridized carbons (Fsp3) is 0.571. The molecule has 220 valence electrons. The fourth-order valence-electron chi connectivity index (χ4n) is 7.33. The van der Waals surface area contributed by atoms with Crippen molar-refractivity contribution < 1.29 is 26.7 Å². The third-order valence-corrected chi connectivity index (χ3v) is 10.2. The Bertz CT molecular complexity index is 1500. The molecule has 0 saturated carbocycles. The number of alkyl halides is 4. The highest BCUT2D eigenvalue weighted by atomic mass is 32.1. The second-order valence-corrected chi connectivity index (χ2v) is 13.0. The van der Waals surface area contributed by atoms with Gasteiger partial charge in [0, 0.05) is 48.6 Å². The second-order valence-electron chi connectivity index (χ2n) is 11.9. The van der Waals surface area contributed by atoms with E-state index in [9.17, 15) is 17.6 Å². The molecule has 1 aromatic carbocycles. The fourth-order valence-corrected chi connectivity index (χ4v) is 8.49. The highest BCUT2D eigenvalue weighted by Gasteiger charge is 2.49. The van der Waals surface area contributed by atoms with Crippen molar-refractivity contribution in [2.75, 3.05) is 43.4 Å². The Morgan fingerprint density at radius 2 is 1.93 bits per heavy atom. The van der Waals surface area contributed by atoms with Crippen LogP contribution in [-0.4, -0.2) is 71.4 Å². The minimum absolute atomic E-state index is 0.0719. The van der Waals surface area contributed by atoms with Gasteiger partial charge in [-0.05, 0) is 56.8 Å². The molecule has 41 heavy (non-hydrogen) atoms. The van der Waals surface area contributed by atoms with Gasteiger partial charge in [-0.25, -0.2) is 8.78 Å². The first-order chi connectivity index (χ1) is 19.5. The summed E-state index contributed by atoms with van der Waals surface area (Å²) in [6, 6.07) is 3.12. The smallest absolute Gasteiger partial charge is 0.417 e. The molecule has 4 fully saturated rings. The summed E-state index contributed by atoms with van der Waals surface area (Å²) in [6.07, 6.45) is -1.47. The number of ether oxygens (including phenoxy) is 1. The number of rotatable bonds is 5. The van der Waals surface area contributed by atoms with Crippen LogP contribution in [0.1, 0.15) is 43.2 Å². The minimum Gasteiger partial charge on any atom is -0.461 e. The summed E-state index contributed by atoms with van der Waals surface area (Å²) >= 11 is 1.03. The first-order valence-electron chi connectivity index (χ1n) is 14.0. The third kappa shape index (κ3) is 4.60. The Morgan fingerprint density at radius 1 is 1.17 bits per heavy atom. The van der Waals surface area contributed by atoms with Crippen LogP contribution in [0.15, 0.2) is 12.1 Å². The zero-order valence-electron chi connectivity index (χ0n) is 22.5. The SMILES string of the molecule is Cc1cc(N)c(F)c(-c2cc3nc(OC[C@@]45CCCN4C[C@H](F)C5)nc(N4CC5CCC(C4)N5)c3s2)c1C(F)(F)F. The largest absolute Gasteiger partial charge is 0.461 e. The van der Waals surface area contributed by atoms with Crippen LogP contribution in [0.25, 0.3) is 20.7 Å². The molecular weight excluding hydrogens is 563 g/mol. The summed E-state index contributed by atoms with van der Waals surface area (Å²) in [4.78, 5) is 13.7. The molecule has 4 aliphatic rings. The lowest BCUT2D eigenvalue weighted by Gasteiger charge is -2.34. The van der Waals surface area contributed by atoms with Crippen LogP contribution < -0.4 is 20.7 Å². The van der Waals surface area contributed by atoms with Gasteiger partial charge in [-0.15, -0.1) is 11.3 Å². The maximum absolute atomic E-state index is 15.3. The van der Waals surface area contributed by atoms with E-state index >= 15 is 4.39 Å². The number of nitrogen functional groups attached to an aromatic ring is 1. The predicted octanol–water partition coefficient (Wildman–Crippen LogP) is 5.30. The van der Waals surface area contributed by atoms with Crippen LogP contribution in [0, 0.1) is 12.7 Å². The van der Waals surface area contributed by atoms with Gasteiger partial charge in [0.2, 0.25) is 0 Å². The van der Waals surface area contributed by atoms with Gasteiger partial charge in [-0.2, -0.15) is 23.1 Å². The molecule has 4 saturated heterocycles. The van der Waals surface area contributed by atoms with E-state index in [1.54, 1.807) is 0 Å². The summed E-state index contributed by atoms with van der Waals surface area (Å²) in [5.74, 6) is -0.548. The van der Waals surface area contributed by atoms with Crippen molar-refractivity contribution >= 4 is 33.1 Å². The highest BCUT2D eigenvalue weighted by Crippen LogP contribution is 2.47. The van der Waals surface area contributed by atoms with E-state index in [2.05, 4.69) is 20.1 Å². The normalized spacial score (nSPS) is 28.1. The van der Waals surface area contributed by atoms with Crippen LogP contribution in [0.4, 0.5) is 33.5 Å². The summed E-state index contributed by atoms with van der Waals surface area (Å²) in [7, 11) is 0. The molecule has 7 rings (SSSR count). The van der Waals surface area contributed by atoms with E-state index < -0.39 is 34.8 Å². The lowest BCUT2D eigenvalue weighted by molar-refractivity contribution is -0.137. The minimum atomic E-state index is -4.79. The molecule has 0 aliphatic carbocycles. The monoisotopic (exact) mass is 594 g/mol. The molecule has 0 radical (unpaired) electrons. The summed E-state index contributed by atoms with van der Waals surface area (Å²) < 4.78 is 78.9. The van der Waals surface area contributed by atoms with Crippen molar-refractivity contribution in [2.45, 2.75) is 69.0 Å². The standard InChI is InChI=1S/C28H31F5N6OS/c1-14-7-18(34)23(30)21(22(14)28(31,32)33)20-8-19-24(41-20)25(38-11-16-3-4-17(12-38)35-16)37-26(36-19)40-13-27-5-2-6-39(27)10-15(29)9-27/h7-8,15-17,35H,2-6,9-13,34H2,1H3/t15-,16?,17?,27+/m1/s1. The van der Waals surface area contributed by atoms with Gasteiger partial charge >= 0.3 is 12.2 Å². The number of thiophene rings is 1. The zero-order valence-corrected chi connectivity index (χ0v) is 23.3. The number of hydrogen-bond acceptors (Lipinski definition) is 8. The Kier molecular flexibility index (Phi) is 6.36.